The summed E-state index contributed by atoms with van der Waals surface area (Å²) >= 11 is 16.4. The molecule has 8 heteroatoms. The van der Waals surface area contributed by atoms with E-state index in [4.69, 9.17) is 40.5 Å². The van der Waals surface area contributed by atoms with Gasteiger partial charge < -0.3 is 11.1 Å². The first kappa shape index (κ1) is 13.1. The molecule has 0 aliphatic carbocycles. The third-order valence-corrected chi connectivity index (χ3v) is 2.63. The number of hydrogen-bond donors (Lipinski definition) is 2. The molecular formula is C10H7Cl3N4O. The van der Waals surface area contributed by atoms with Gasteiger partial charge in [0.05, 0.1) is 5.52 Å². The number of carbonyl (C=O) groups is 1. The van der Waals surface area contributed by atoms with Gasteiger partial charge in [-0.15, -0.1) is 0 Å². The first-order valence-corrected chi connectivity index (χ1v) is 5.90. The van der Waals surface area contributed by atoms with Crippen LogP contribution in [0.4, 0.5) is 11.6 Å². The van der Waals surface area contributed by atoms with E-state index < -0.39 is 9.70 Å². The third kappa shape index (κ3) is 2.93. The summed E-state index contributed by atoms with van der Waals surface area (Å²) in [4.78, 5) is 19.3. The number of rotatable bonds is 1. The van der Waals surface area contributed by atoms with E-state index in [0.717, 1.165) is 0 Å². The monoisotopic (exact) mass is 304 g/mol. The highest BCUT2D eigenvalue weighted by atomic mass is 35.6. The molecule has 2 aromatic rings. The lowest BCUT2D eigenvalue weighted by atomic mass is 10.2. The Morgan fingerprint density at radius 2 is 2.06 bits per heavy atom. The van der Waals surface area contributed by atoms with Crippen molar-refractivity contribution in [2.45, 2.75) is 3.79 Å². The Labute approximate surface area is 117 Å². The number of hydrogen-bond acceptors (Lipinski definition) is 4. The van der Waals surface area contributed by atoms with Crippen LogP contribution in [0.1, 0.15) is 0 Å². The molecule has 0 saturated heterocycles. The van der Waals surface area contributed by atoms with Gasteiger partial charge in [-0.3, -0.25) is 4.79 Å². The second-order valence-electron chi connectivity index (χ2n) is 3.45. The van der Waals surface area contributed by atoms with Crippen LogP contribution < -0.4 is 11.1 Å². The lowest BCUT2D eigenvalue weighted by Gasteiger charge is -2.11. The van der Waals surface area contributed by atoms with Gasteiger partial charge in [0.1, 0.15) is 0 Å². The van der Waals surface area contributed by atoms with Gasteiger partial charge in [0.25, 0.3) is 9.70 Å². The van der Waals surface area contributed by atoms with E-state index in [0.29, 0.717) is 16.6 Å². The number of alkyl halides is 3. The number of anilines is 2. The smallest absolute Gasteiger partial charge is 0.276 e. The predicted molar refractivity (Wildman–Crippen MR) is 72.9 cm³/mol. The van der Waals surface area contributed by atoms with Gasteiger partial charge in [-0.1, -0.05) is 34.8 Å². The van der Waals surface area contributed by atoms with E-state index in [1.165, 1.54) is 0 Å². The normalized spacial score (nSPS) is 11.5. The van der Waals surface area contributed by atoms with Crippen molar-refractivity contribution in [2.75, 3.05) is 11.1 Å². The molecule has 1 aromatic carbocycles. The highest BCUT2D eigenvalue weighted by Gasteiger charge is 2.30. The summed E-state index contributed by atoms with van der Waals surface area (Å²) in [6.07, 6.45) is 1.54. The molecular weight excluding hydrogens is 298 g/mol. The Hall–Kier alpha value is -1.30. The second-order valence-corrected chi connectivity index (χ2v) is 5.73. The topological polar surface area (TPSA) is 80.9 Å². The number of fused-ring (bicyclic) bond motifs is 1. The quantitative estimate of drug-likeness (QED) is 0.793. The highest BCUT2D eigenvalue weighted by molar-refractivity contribution is 6.76. The van der Waals surface area contributed by atoms with E-state index in [1.807, 2.05) is 0 Å². The van der Waals surface area contributed by atoms with Crippen molar-refractivity contribution in [3.8, 4) is 0 Å². The molecule has 1 aromatic heterocycles. The minimum Gasteiger partial charge on any atom is -0.368 e. The van der Waals surface area contributed by atoms with Crippen LogP contribution in [0.3, 0.4) is 0 Å². The number of nitrogens with one attached hydrogen (secondary N) is 1. The lowest BCUT2D eigenvalue weighted by molar-refractivity contribution is -0.115. The molecule has 2 rings (SSSR count). The summed E-state index contributed by atoms with van der Waals surface area (Å²) in [5.41, 5.74) is 6.60. The zero-order chi connectivity index (χ0) is 13.3. The van der Waals surface area contributed by atoms with E-state index in [-0.39, 0.29) is 5.95 Å². The molecule has 0 radical (unpaired) electrons. The first-order chi connectivity index (χ1) is 8.36. The molecule has 1 amide bonds. The first-order valence-electron chi connectivity index (χ1n) is 4.77. The van der Waals surface area contributed by atoms with Gasteiger partial charge in [0.2, 0.25) is 5.95 Å². The molecule has 0 aliphatic heterocycles. The summed E-state index contributed by atoms with van der Waals surface area (Å²) in [6.45, 7) is 0. The summed E-state index contributed by atoms with van der Waals surface area (Å²) < 4.78 is -2.01. The molecule has 1 heterocycles. The van der Waals surface area contributed by atoms with Crippen molar-refractivity contribution in [2.24, 2.45) is 0 Å². The fourth-order valence-electron chi connectivity index (χ4n) is 1.33. The Kier molecular flexibility index (Phi) is 3.47. The van der Waals surface area contributed by atoms with Gasteiger partial charge in [-0.25, -0.2) is 9.97 Å². The van der Waals surface area contributed by atoms with Crippen LogP contribution in [0.15, 0.2) is 24.4 Å². The lowest BCUT2D eigenvalue weighted by Crippen LogP contribution is -2.26. The molecule has 94 valence electrons. The number of nitrogens with two attached hydrogens (primary N) is 1. The van der Waals surface area contributed by atoms with Gasteiger partial charge >= 0.3 is 0 Å². The summed E-state index contributed by atoms with van der Waals surface area (Å²) in [6, 6.07) is 4.97. The number of amides is 1. The van der Waals surface area contributed by atoms with Gasteiger partial charge in [-0.05, 0) is 18.2 Å². The van der Waals surface area contributed by atoms with Crippen LogP contribution in [-0.4, -0.2) is 19.7 Å². The van der Waals surface area contributed by atoms with Crippen LogP contribution in [0.2, 0.25) is 0 Å². The maximum Gasteiger partial charge on any atom is 0.276 e. The molecule has 0 saturated carbocycles. The van der Waals surface area contributed by atoms with Crippen LogP contribution >= 0.6 is 34.8 Å². The second kappa shape index (κ2) is 4.76. The fraction of sp³-hybridized carbons (Fsp3) is 0.100. The Morgan fingerprint density at radius 1 is 1.33 bits per heavy atom. The number of aromatic nitrogens is 2. The molecule has 0 unspecified atom stereocenters. The Balaban J connectivity index is 2.31. The average molecular weight is 306 g/mol. The van der Waals surface area contributed by atoms with Gasteiger partial charge in [0, 0.05) is 17.3 Å². The maximum absolute atomic E-state index is 11.5. The maximum atomic E-state index is 11.5. The molecule has 0 fully saturated rings. The van der Waals surface area contributed by atoms with E-state index in [2.05, 4.69) is 15.3 Å². The van der Waals surface area contributed by atoms with Crippen molar-refractivity contribution in [3.05, 3.63) is 24.4 Å². The molecule has 0 spiro atoms. The van der Waals surface area contributed by atoms with Crippen LogP contribution in [0.25, 0.3) is 10.9 Å². The SMILES string of the molecule is Nc1ncc2cc(NC(=O)C(Cl)(Cl)Cl)ccc2n1. The predicted octanol–water partition coefficient (Wildman–Crippen LogP) is 2.52. The van der Waals surface area contributed by atoms with E-state index in [9.17, 15) is 4.79 Å². The number of benzene rings is 1. The number of nitrogen functional groups attached to an aromatic ring is 1. The fourth-order valence-corrected chi connectivity index (χ4v) is 1.47. The van der Waals surface area contributed by atoms with Crippen LogP contribution in [0.5, 0.6) is 0 Å². The largest absolute Gasteiger partial charge is 0.368 e. The third-order valence-electron chi connectivity index (χ3n) is 2.11. The minimum atomic E-state index is -2.01. The molecule has 5 nitrogen and oxygen atoms in total. The van der Waals surface area contributed by atoms with Crippen molar-refractivity contribution in [3.63, 3.8) is 0 Å². The zero-order valence-corrected chi connectivity index (χ0v) is 11.1. The van der Waals surface area contributed by atoms with Gasteiger partial charge in [0.15, 0.2) is 0 Å². The Morgan fingerprint density at radius 3 is 2.72 bits per heavy atom. The van der Waals surface area contributed by atoms with Crippen LogP contribution in [0, 0.1) is 0 Å². The summed E-state index contributed by atoms with van der Waals surface area (Å²) in [5.74, 6) is -0.552. The minimum absolute atomic E-state index is 0.181. The number of halogens is 3. The molecule has 0 bridgehead atoms. The molecule has 0 atom stereocenters. The number of carbonyl (C=O) groups excluding carboxylic acids is 1. The molecule has 18 heavy (non-hydrogen) atoms. The van der Waals surface area contributed by atoms with Crippen molar-refractivity contribution < 1.29 is 4.79 Å². The number of nitrogens with zero attached hydrogens (tertiary/aromatic N) is 2. The van der Waals surface area contributed by atoms with Crippen molar-refractivity contribution >= 4 is 63.2 Å². The summed E-state index contributed by atoms with van der Waals surface area (Å²) in [7, 11) is 0. The molecule has 3 N–H and O–H groups in total. The highest BCUT2D eigenvalue weighted by Crippen LogP contribution is 2.28. The zero-order valence-electron chi connectivity index (χ0n) is 8.82. The van der Waals surface area contributed by atoms with E-state index >= 15 is 0 Å². The van der Waals surface area contributed by atoms with Crippen LogP contribution in [-0.2, 0) is 4.79 Å². The van der Waals surface area contributed by atoms with Gasteiger partial charge in [-0.2, -0.15) is 0 Å². The standard InChI is InChI=1S/C10H7Cl3N4O/c11-10(12,13)8(18)16-6-1-2-7-5(3-6)4-15-9(14)17-7/h1-4H,(H,16,18)(H2,14,15,17). The van der Waals surface area contributed by atoms with Crippen molar-refractivity contribution in [1.29, 1.82) is 0 Å². The molecule has 0 aliphatic rings. The van der Waals surface area contributed by atoms with Crippen molar-refractivity contribution in [1.82, 2.24) is 9.97 Å². The average Bonchev–Trinajstić information content (AvgIpc) is 2.28. The summed E-state index contributed by atoms with van der Waals surface area (Å²) in [5, 5.41) is 3.18. The van der Waals surface area contributed by atoms with E-state index in [1.54, 1.807) is 24.4 Å². The Bertz CT molecular complexity index is 612.